The molecule has 0 fully saturated rings. The van der Waals surface area contributed by atoms with Crippen LogP contribution in [0.2, 0.25) is 0 Å². The van der Waals surface area contributed by atoms with E-state index in [1.807, 2.05) is 4.98 Å². The Labute approximate surface area is 76.1 Å². The average Bonchev–Trinajstić information content (AvgIpc) is 1.85. The molecule has 1 rings (SSSR count). The van der Waals surface area contributed by atoms with Crippen LogP contribution in [0, 0.1) is 0 Å². The molecule has 6 nitrogen and oxygen atoms in total. The van der Waals surface area contributed by atoms with E-state index in [2.05, 4.69) is 0 Å². The summed E-state index contributed by atoms with van der Waals surface area (Å²) in [7, 11) is 0. The van der Waals surface area contributed by atoms with Crippen molar-refractivity contribution in [2.45, 2.75) is 0 Å². The molecule has 0 amide bonds. The van der Waals surface area contributed by atoms with Crippen molar-refractivity contribution in [3.63, 3.8) is 0 Å². The molecule has 0 aromatic carbocycles. The topological polar surface area (TPSA) is 103 Å². The van der Waals surface area contributed by atoms with Gasteiger partial charge in [0.2, 0.25) is 0 Å². The van der Waals surface area contributed by atoms with E-state index in [-0.39, 0.29) is 17.1 Å². The first-order valence-electron chi connectivity index (χ1n) is 2.66. The van der Waals surface area contributed by atoms with Gasteiger partial charge >= 0.3 is 28.7 Å². The molecule has 7 heteroatoms. The Morgan fingerprint density at radius 3 is 2.42 bits per heavy atom. The summed E-state index contributed by atoms with van der Waals surface area (Å²) in [5, 5.41) is 8.31. The molecule has 0 aliphatic heterocycles. The van der Waals surface area contributed by atoms with Crippen LogP contribution in [-0.2, 0) is 17.1 Å². The number of H-pyrrole nitrogens is 2. The quantitative estimate of drug-likeness (QED) is 0.514. The first kappa shape index (κ1) is 10.7. The Hall–Kier alpha value is -1.33. The van der Waals surface area contributed by atoms with Gasteiger partial charge in [-0.15, -0.1) is 0 Å². The minimum Gasteiger partial charge on any atom is -0.477 e. The Morgan fingerprint density at radius 2 is 2.00 bits per heavy atom. The van der Waals surface area contributed by atoms with Gasteiger partial charge in [-0.25, -0.2) is 9.59 Å². The Morgan fingerprint density at radius 1 is 1.42 bits per heavy atom. The molecule has 0 spiro atoms. The Balaban J connectivity index is 0.00000121. The molecule has 0 saturated heterocycles. The first-order valence-corrected chi connectivity index (χ1v) is 2.66. The molecule has 3 N–H and O–H groups in total. The Kier molecular flexibility index (Phi) is 3.46. The monoisotopic (exact) mass is 219 g/mol. The van der Waals surface area contributed by atoms with Crippen LogP contribution in [0.5, 0.6) is 0 Å². The van der Waals surface area contributed by atoms with E-state index in [1.165, 1.54) is 0 Å². The van der Waals surface area contributed by atoms with Gasteiger partial charge in [-0.3, -0.25) is 9.78 Å². The molecular weight excluding hydrogens is 216 g/mol. The van der Waals surface area contributed by atoms with Crippen LogP contribution in [0.1, 0.15) is 10.4 Å². The van der Waals surface area contributed by atoms with Crippen LogP contribution < -0.4 is 11.2 Å². The molecule has 0 saturated carbocycles. The molecule has 0 aliphatic carbocycles. The molecular formula is C5H4CuN2O4+2. The molecule has 1 aromatic heterocycles. The van der Waals surface area contributed by atoms with E-state index >= 15 is 0 Å². The van der Waals surface area contributed by atoms with Gasteiger partial charge in [-0.05, 0) is 0 Å². The number of hydrogen-bond donors (Lipinski definition) is 3. The zero-order chi connectivity index (χ0) is 8.43. The summed E-state index contributed by atoms with van der Waals surface area (Å²) in [6, 6.07) is 0. The maximum Gasteiger partial charge on any atom is 2.00 e. The average molecular weight is 220 g/mol. The van der Waals surface area contributed by atoms with Gasteiger partial charge in [0.05, 0.1) is 0 Å². The number of carboxylic acid groups (broad SMARTS) is 1. The standard InChI is InChI=1S/C5H4N2O4.Cu/c8-3-2(4(9)10)1-6-5(11)7-3;/h1H,(H,9,10)(H2,6,7,8,11);/q;+2. The third-order valence-corrected chi connectivity index (χ3v) is 1.05. The summed E-state index contributed by atoms with van der Waals surface area (Å²) >= 11 is 0. The van der Waals surface area contributed by atoms with Crippen molar-refractivity contribution >= 4 is 5.97 Å². The first-order chi connectivity index (χ1) is 5.11. The van der Waals surface area contributed by atoms with Gasteiger partial charge in [-0.1, -0.05) is 0 Å². The normalized spacial score (nSPS) is 8.67. The molecule has 0 atom stereocenters. The summed E-state index contributed by atoms with van der Waals surface area (Å²) in [6.07, 6.45) is 0.851. The SMILES string of the molecule is O=C(O)c1c[nH]c(=O)[nH]c1=O.[Cu+2]. The summed E-state index contributed by atoms with van der Waals surface area (Å²) in [5.74, 6) is -1.37. The molecule has 0 aliphatic rings. The predicted octanol–water partition coefficient (Wildman–Crippen LogP) is -1.24. The molecule has 67 valence electrons. The number of nitrogens with one attached hydrogen (secondary N) is 2. The smallest absolute Gasteiger partial charge is 0.477 e. The Bertz CT molecular complexity index is 393. The van der Waals surface area contributed by atoms with Crippen molar-refractivity contribution in [2.75, 3.05) is 0 Å². The van der Waals surface area contributed by atoms with Gasteiger partial charge < -0.3 is 10.1 Å². The summed E-state index contributed by atoms with van der Waals surface area (Å²) in [5.41, 5.74) is -2.11. The number of rotatable bonds is 1. The molecule has 1 heterocycles. The fraction of sp³-hybridized carbons (Fsp3) is 0. The number of aromatic carboxylic acids is 1. The van der Waals surface area contributed by atoms with Gasteiger partial charge in [-0.2, -0.15) is 0 Å². The zero-order valence-corrected chi connectivity index (χ0v) is 6.49. The molecule has 1 radical (unpaired) electrons. The third kappa shape index (κ3) is 2.08. The second-order valence-electron chi connectivity index (χ2n) is 1.79. The molecule has 0 unspecified atom stereocenters. The number of hydrogen-bond acceptors (Lipinski definition) is 3. The van der Waals surface area contributed by atoms with Crippen molar-refractivity contribution in [1.29, 1.82) is 0 Å². The summed E-state index contributed by atoms with van der Waals surface area (Å²) in [4.78, 5) is 35.0. The van der Waals surface area contributed by atoms with Gasteiger partial charge in [0, 0.05) is 6.20 Å². The fourth-order valence-corrected chi connectivity index (χ4v) is 0.569. The van der Waals surface area contributed by atoms with Gasteiger partial charge in [0.1, 0.15) is 5.56 Å². The van der Waals surface area contributed by atoms with E-state index in [0.29, 0.717) is 0 Å². The van der Waals surface area contributed by atoms with Crippen molar-refractivity contribution < 1.29 is 27.0 Å². The maximum atomic E-state index is 10.6. The summed E-state index contributed by atoms with van der Waals surface area (Å²) in [6.45, 7) is 0. The molecule has 12 heavy (non-hydrogen) atoms. The third-order valence-electron chi connectivity index (χ3n) is 1.05. The molecule has 1 aromatic rings. The van der Waals surface area contributed by atoms with Crippen LogP contribution in [0.25, 0.3) is 0 Å². The predicted molar refractivity (Wildman–Crippen MR) is 34.6 cm³/mol. The number of carboxylic acids is 1. The van der Waals surface area contributed by atoms with E-state index in [0.717, 1.165) is 6.20 Å². The number of carbonyl (C=O) groups is 1. The van der Waals surface area contributed by atoms with E-state index in [4.69, 9.17) is 5.11 Å². The molecule has 0 bridgehead atoms. The number of aromatic amines is 2. The van der Waals surface area contributed by atoms with Crippen LogP contribution in [-0.4, -0.2) is 21.0 Å². The van der Waals surface area contributed by atoms with E-state index < -0.39 is 22.8 Å². The van der Waals surface area contributed by atoms with E-state index in [1.54, 1.807) is 4.98 Å². The van der Waals surface area contributed by atoms with Gasteiger partial charge in [0.25, 0.3) is 5.56 Å². The van der Waals surface area contributed by atoms with Crippen molar-refractivity contribution in [2.24, 2.45) is 0 Å². The zero-order valence-electron chi connectivity index (χ0n) is 5.55. The summed E-state index contributed by atoms with van der Waals surface area (Å²) < 4.78 is 0. The fourth-order valence-electron chi connectivity index (χ4n) is 0.569. The van der Waals surface area contributed by atoms with Crippen molar-refractivity contribution in [3.8, 4) is 0 Å². The minimum atomic E-state index is -1.37. The van der Waals surface area contributed by atoms with Crippen molar-refractivity contribution in [3.05, 3.63) is 32.6 Å². The van der Waals surface area contributed by atoms with Crippen LogP contribution in [0.4, 0.5) is 0 Å². The minimum absolute atomic E-state index is 0. The van der Waals surface area contributed by atoms with Crippen LogP contribution in [0.15, 0.2) is 15.8 Å². The van der Waals surface area contributed by atoms with Crippen LogP contribution >= 0.6 is 0 Å². The largest absolute Gasteiger partial charge is 2.00 e. The van der Waals surface area contributed by atoms with Crippen LogP contribution in [0.3, 0.4) is 0 Å². The van der Waals surface area contributed by atoms with Crippen molar-refractivity contribution in [1.82, 2.24) is 9.97 Å². The second-order valence-corrected chi connectivity index (χ2v) is 1.79. The maximum absolute atomic E-state index is 10.6. The van der Waals surface area contributed by atoms with E-state index in [9.17, 15) is 14.4 Å². The second kappa shape index (κ2) is 3.89. The van der Waals surface area contributed by atoms with Gasteiger partial charge in [0.15, 0.2) is 0 Å². The number of aromatic nitrogens is 2.